The van der Waals surface area contributed by atoms with Gasteiger partial charge in [-0.25, -0.2) is 13.7 Å². The summed E-state index contributed by atoms with van der Waals surface area (Å²) in [6, 6.07) is 0. The molecule has 0 spiro atoms. The molecular weight excluding hydrogens is 373 g/mol. The van der Waals surface area contributed by atoms with Crippen LogP contribution in [0.1, 0.15) is 13.3 Å². The van der Waals surface area contributed by atoms with E-state index in [-0.39, 0.29) is 6.42 Å². The molecule has 0 bridgehead atoms. The van der Waals surface area contributed by atoms with E-state index in [0.29, 0.717) is 0 Å². The third kappa shape index (κ3) is 6.42. The Morgan fingerprint density at radius 2 is 1.68 bits per heavy atom. The van der Waals surface area contributed by atoms with Crippen LogP contribution >= 0.6 is 23.5 Å². The van der Waals surface area contributed by atoms with Gasteiger partial charge in [0.1, 0.15) is 12.7 Å². The summed E-state index contributed by atoms with van der Waals surface area (Å²) in [5.74, 6) is -2.36. The second kappa shape index (κ2) is 6.66. The van der Waals surface area contributed by atoms with Crippen molar-refractivity contribution in [1.29, 1.82) is 0 Å². The van der Waals surface area contributed by atoms with E-state index in [4.69, 9.17) is 19.4 Å². The molecule has 0 amide bonds. The van der Waals surface area contributed by atoms with Gasteiger partial charge in [0, 0.05) is 6.42 Å². The maximum Gasteiger partial charge on any atom is 0.490 e. The van der Waals surface area contributed by atoms with Gasteiger partial charge < -0.3 is 34.5 Å². The van der Waals surface area contributed by atoms with Crippen LogP contribution in [0.15, 0.2) is 0 Å². The lowest BCUT2D eigenvalue weighted by Crippen LogP contribution is -2.43. The van der Waals surface area contributed by atoms with Crippen LogP contribution in [0.4, 0.5) is 0 Å². The highest BCUT2D eigenvalue weighted by Crippen LogP contribution is 2.66. The molecule has 0 aromatic heterocycles. The van der Waals surface area contributed by atoms with Gasteiger partial charge in [-0.15, -0.1) is 0 Å². The monoisotopic (exact) mass is 388 g/mol. The number of ether oxygens (including phenoxy) is 1. The molecule has 13 nitrogen and oxygen atoms in total. The summed E-state index contributed by atoms with van der Waals surface area (Å²) < 4.78 is 48.8. The molecule has 22 heavy (non-hydrogen) atoms. The molecule has 0 aromatic rings. The molecule has 0 aromatic carbocycles. The highest BCUT2D eigenvalue weighted by molar-refractivity contribution is 7.66. The summed E-state index contributed by atoms with van der Waals surface area (Å²) in [6.45, 7) is 0.369. The zero-order valence-electron chi connectivity index (χ0n) is 11.0. The van der Waals surface area contributed by atoms with Crippen LogP contribution in [-0.4, -0.2) is 54.4 Å². The van der Waals surface area contributed by atoms with Crippen molar-refractivity contribution in [1.82, 2.24) is 0 Å². The Labute approximate surface area is 123 Å². The number of aliphatic hydroxyl groups is 2. The molecule has 0 radical (unpaired) electrons. The average Bonchev–Trinajstić information content (AvgIpc) is 2.45. The van der Waals surface area contributed by atoms with Crippen LogP contribution in [-0.2, 0) is 31.6 Å². The van der Waals surface area contributed by atoms with E-state index < -0.39 is 48.1 Å². The van der Waals surface area contributed by atoms with Crippen LogP contribution in [0.2, 0.25) is 0 Å². The molecule has 1 saturated heterocycles. The smallest absolute Gasteiger partial charge is 0.387 e. The van der Waals surface area contributed by atoms with Crippen molar-refractivity contribution in [2.45, 2.75) is 31.3 Å². The van der Waals surface area contributed by atoms with Crippen LogP contribution in [0.5, 0.6) is 0 Å². The minimum Gasteiger partial charge on any atom is -0.387 e. The van der Waals surface area contributed by atoms with Crippen LogP contribution in [0.25, 0.3) is 0 Å². The first kappa shape index (κ1) is 20.3. The molecule has 1 fully saturated rings. The first-order chi connectivity index (χ1) is 9.64. The van der Waals surface area contributed by atoms with Crippen molar-refractivity contribution >= 4 is 23.5 Å². The van der Waals surface area contributed by atoms with E-state index in [1.165, 1.54) is 6.92 Å². The largest absolute Gasteiger partial charge is 0.490 e. The molecule has 1 aliphatic heterocycles. The summed E-state index contributed by atoms with van der Waals surface area (Å²) in [6.07, 6.45) is -2.06. The topological polar surface area (TPSA) is 210 Å². The maximum absolute atomic E-state index is 11.4. The lowest BCUT2D eigenvalue weighted by molar-refractivity contribution is -0.240. The van der Waals surface area contributed by atoms with Gasteiger partial charge in [0.2, 0.25) is 5.79 Å². The number of aliphatic hydroxyl groups excluding tert-OH is 1. The highest BCUT2D eigenvalue weighted by atomic mass is 31.3. The van der Waals surface area contributed by atoms with Crippen molar-refractivity contribution in [3.63, 3.8) is 0 Å². The predicted molar refractivity (Wildman–Crippen MR) is 65.9 cm³/mol. The van der Waals surface area contributed by atoms with Gasteiger partial charge in [-0.3, -0.25) is 4.52 Å². The lowest BCUT2D eigenvalue weighted by Gasteiger charge is -2.26. The summed E-state index contributed by atoms with van der Waals surface area (Å²) >= 11 is 0. The molecule has 2 unspecified atom stereocenters. The Morgan fingerprint density at radius 1 is 1.14 bits per heavy atom. The fraction of sp³-hybridized carbons (Fsp3) is 1.00. The van der Waals surface area contributed by atoms with Crippen molar-refractivity contribution < 1.29 is 61.4 Å². The quantitative estimate of drug-likeness (QED) is 0.295. The number of rotatable bonds is 7. The third-order valence-electron chi connectivity index (χ3n) is 2.33. The molecule has 0 saturated carbocycles. The fourth-order valence-electron chi connectivity index (χ4n) is 1.58. The van der Waals surface area contributed by atoms with Crippen LogP contribution < -0.4 is 0 Å². The first-order valence-corrected chi connectivity index (χ1v) is 10.0. The number of phosphoric acid groups is 3. The summed E-state index contributed by atoms with van der Waals surface area (Å²) in [5.41, 5.74) is 0. The Hall–Kier alpha value is 0.290. The predicted octanol–water partition coefficient (Wildman–Crippen LogP) is -0.812. The van der Waals surface area contributed by atoms with Gasteiger partial charge in [-0.05, 0) is 6.92 Å². The maximum atomic E-state index is 11.4. The second-order valence-electron chi connectivity index (χ2n) is 4.39. The molecule has 5 atom stereocenters. The zero-order chi connectivity index (χ0) is 17.4. The zero-order valence-corrected chi connectivity index (χ0v) is 13.6. The van der Waals surface area contributed by atoms with Crippen molar-refractivity contribution in [3.05, 3.63) is 0 Å². The van der Waals surface area contributed by atoms with Gasteiger partial charge in [0.05, 0.1) is 6.10 Å². The standard InChI is InChI=1S/C6H15O13P3/c1-4-2-5(7)6(8,17-4)3-16-21(12,13)19-22(14,15)18-20(9,10)11/h4-5,7-8H,2-3H2,1H3,(H,12,13)(H,14,15)(H2,9,10,11)/t4-,5+,6-/m0/s1. The molecule has 1 rings (SSSR count). The Bertz CT molecular complexity index is 542. The minimum absolute atomic E-state index is 0.00371. The normalized spacial score (nSPS) is 35.0. The van der Waals surface area contributed by atoms with E-state index in [1.54, 1.807) is 0 Å². The van der Waals surface area contributed by atoms with E-state index in [1.807, 2.05) is 0 Å². The van der Waals surface area contributed by atoms with Gasteiger partial charge in [0.15, 0.2) is 0 Å². The SMILES string of the molecule is C[C@H]1C[C@@H](O)[C@](O)(COP(=O)(O)OP(=O)(O)OP(=O)(O)O)O1. The molecule has 16 heteroatoms. The van der Waals surface area contributed by atoms with Gasteiger partial charge >= 0.3 is 23.5 Å². The van der Waals surface area contributed by atoms with Gasteiger partial charge in [-0.2, -0.15) is 8.62 Å². The average molecular weight is 388 g/mol. The van der Waals surface area contributed by atoms with Crippen LogP contribution in [0, 0.1) is 0 Å². The number of hydrogen-bond acceptors (Lipinski definition) is 9. The van der Waals surface area contributed by atoms with E-state index in [2.05, 4.69) is 13.1 Å². The van der Waals surface area contributed by atoms with Crippen molar-refractivity contribution in [3.8, 4) is 0 Å². The third-order valence-corrected chi connectivity index (χ3v) is 6.11. The van der Waals surface area contributed by atoms with Gasteiger partial charge in [-0.1, -0.05) is 0 Å². The summed E-state index contributed by atoms with van der Waals surface area (Å²) in [5, 5.41) is 19.3. The molecule has 0 aliphatic carbocycles. The van der Waals surface area contributed by atoms with E-state index >= 15 is 0 Å². The summed E-state index contributed by atoms with van der Waals surface area (Å²) in [7, 11) is -16.5. The Balaban J connectivity index is 2.67. The van der Waals surface area contributed by atoms with Gasteiger partial charge in [0.25, 0.3) is 0 Å². The van der Waals surface area contributed by atoms with E-state index in [9.17, 15) is 28.8 Å². The summed E-state index contributed by atoms with van der Waals surface area (Å²) in [4.78, 5) is 34.7. The molecule has 6 N–H and O–H groups in total. The fourth-order valence-corrected chi connectivity index (χ4v) is 4.62. The van der Waals surface area contributed by atoms with Crippen molar-refractivity contribution in [2.75, 3.05) is 6.61 Å². The Morgan fingerprint density at radius 3 is 2.09 bits per heavy atom. The van der Waals surface area contributed by atoms with E-state index in [0.717, 1.165) is 0 Å². The van der Waals surface area contributed by atoms with Crippen molar-refractivity contribution in [2.24, 2.45) is 0 Å². The second-order valence-corrected chi connectivity index (χ2v) is 8.81. The van der Waals surface area contributed by atoms with Crippen LogP contribution in [0.3, 0.4) is 0 Å². The lowest BCUT2D eigenvalue weighted by atomic mass is 10.1. The molecule has 132 valence electrons. The minimum atomic E-state index is -5.63. The molecule has 1 aliphatic rings. The number of phosphoric ester groups is 1. The Kier molecular flexibility index (Phi) is 6.15. The molecular formula is C6H15O13P3. The first-order valence-electron chi connectivity index (χ1n) is 5.51. The highest BCUT2D eigenvalue weighted by Gasteiger charge is 2.48. The number of hydrogen-bond donors (Lipinski definition) is 6. The molecule has 1 heterocycles.